The van der Waals surface area contributed by atoms with E-state index in [0.29, 0.717) is 36.0 Å². The van der Waals surface area contributed by atoms with Crippen LogP contribution in [0.1, 0.15) is 24.5 Å². The zero-order valence-electron chi connectivity index (χ0n) is 16.6. The first-order valence-electron chi connectivity index (χ1n) is 9.71. The summed E-state index contributed by atoms with van der Waals surface area (Å²) in [6, 6.07) is 12.5. The van der Waals surface area contributed by atoms with Crippen LogP contribution in [-0.2, 0) is 10.3 Å². The molecule has 7 heteroatoms. The zero-order chi connectivity index (χ0) is 20.4. The molecule has 1 N–H and O–H groups in total. The molecule has 0 radical (unpaired) electrons. The van der Waals surface area contributed by atoms with E-state index in [2.05, 4.69) is 5.32 Å². The minimum absolute atomic E-state index is 0.165. The first-order chi connectivity index (χ1) is 14.0. The van der Waals surface area contributed by atoms with Crippen molar-refractivity contribution in [2.45, 2.75) is 25.8 Å². The maximum Gasteiger partial charge on any atom is 0.325 e. The Balaban J connectivity index is 1.46. The van der Waals surface area contributed by atoms with Gasteiger partial charge in [-0.2, -0.15) is 0 Å². The molecule has 0 unspecified atom stereocenters. The molecule has 0 aliphatic carbocycles. The van der Waals surface area contributed by atoms with E-state index in [1.807, 2.05) is 31.2 Å². The molecule has 0 bridgehead atoms. The molecule has 1 fully saturated rings. The number of amides is 3. The fourth-order valence-electron chi connectivity index (χ4n) is 3.46. The summed E-state index contributed by atoms with van der Waals surface area (Å²) in [4.78, 5) is 26.8. The number of hydrogen-bond acceptors (Lipinski definition) is 5. The Labute approximate surface area is 169 Å². The molecule has 29 heavy (non-hydrogen) atoms. The number of carbonyl (C=O) groups excluding carboxylic acids is 2. The van der Waals surface area contributed by atoms with Gasteiger partial charge in [-0.25, -0.2) is 4.79 Å². The summed E-state index contributed by atoms with van der Waals surface area (Å²) < 4.78 is 17.0. The molecule has 152 valence electrons. The molecule has 2 aromatic carbocycles. The predicted molar refractivity (Wildman–Crippen MR) is 106 cm³/mol. The van der Waals surface area contributed by atoms with Crippen molar-refractivity contribution in [3.05, 3.63) is 53.6 Å². The van der Waals surface area contributed by atoms with Gasteiger partial charge in [0, 0.05) is 6.42 Å². The number of fused-ring (bicyclic) bond motifs is 1. The number of nitrogens with one attached hydrogen (secondary N) is 1. The van der Waals surface area contributed by atoms with E-state index in [9.17, 15) is 9.59 Å². The highest BCUT2D eigenvalue weighted by Gasteiger charge is 2.49. The Morgan fingerprint density at radius 1 is 1.07 bits per heavy atom. The van der Waals surface area contributed by atoms with Crippen molar-refractivity contribution in [3.63, 3.8) is 0 Å². The predicted octanol–water partition coefficient (Wildman–Crippen LogP) is 3.00. The van der Waals surface area contributed by atoms with Gasteiger partial charge >= 0.3 is 6.03 Å². The van der Waals surface area contributed by atoms with E-state index in [1.165, 1.54) is 4.90 Å². The summed E-state index contributed by atoms with van der Waals surface area (Å²) in [5.74, 6) is 1.62. The molecule has 2 aliphatic rings. The van der Waals surface area contributed by atoms with Crippen LogP contribution >= 0.6 is 0 Å². The van der Waals surface area contributed by atoms with Crippen molar-refractivity contribution in [2.24, 2.45) is 0 Å². The highest BCUT2D eigenvalue weighted by atomic mass is 16.5. The number of ether oxygens (including phenoxy) is 3. The largest absolute Gasteiger partial charge is 0.492 e. The maximum atomic E-state index is 13.1. The molecule has 0 spiro atoms. The van der Waals surface area contributed by atoms with Crippen LogP contribution in [0.5, 0.6) is 17.2 Å². The molecular formula is C22H24N2O5. The summed E-state index contributed by atoms with van der Waals surface area (Å²) in [7, 11) is 0. The molecule has 4 rings (SSSR count). The maximum absolute atomic E-state index is 13.1. The molecule has 0 saturated carbocycles. The molecule has 1 saturated heterocycles. The van der Waals surface area contributed by atoms with Gasteiger partial charge in [0.25, 0.3) is 5.91 Å². The van der Waals surface area contributed by atoms with Gasteiger partial charge in [-0.3, -0.25) is 9.69 Å². The van der Waals surface area contributed by atoms with Crippen molar-refractivity contribution in [1.29, 1.82) is 0 Å². The van der Waals surface area contributed by atoms with Crippen LogP contribution in [0.3, 0.4) is 0 Å². The van der Waals surface area contributed by atoms with E-state index in [4.69, 9.17) is 14.2 Å². The number of benzene rings is 2. The van der Waals surface area contributed by atoms with Gasteiger partial charge in [0.2, 0.25) is 0 Å². The average Bonchev–Trinajstić information content (AvgIpc) is 2.87. The molecular weight excluding hydrogens is 372 g/mol. The average molecular weight is 396 g/mol. The SMILES string of the molecule is Cc1ccc(OCCN2C(=O)N[C@](C)(c3ccc4c(c3)OCCCO4)C2=O)cc1. The topological polar surface area (TPSA) is 77.1 Å². The third kappa shape index (κ3) is 3.72. The van der Waals surface area contributed by atoms with E-state index in [1.54, 1.807) is 25.1 Å². The number of nitrogens with zero attached hydrogens (tertiary/aromatic N) is 1. The lowest BCUT2D eigenvalue weighted by Gasteiger charge is -2.23. The first kappa shape index (κ1) is 19.1. The second kappa shape index (κ2) is 7.66. The minimum Gasteiger partial charge on any atom is -0.492 e. The third-order valence-corrected chi connectivity index (χ3v) is 5.20. The molecule has 2 aromatic rings. The molecule has 2 heterocycles. The molecule has 2 aliphatic heterocycles. The summed E-state index contributed by atoms with van der Waals surface area (Å²) in [5, 5.41) is 2.81. The Bertz CT molecular complexity index is 927. The normalized spacial score (nSPS) is 21.0. The Morgan fingerprint density at radius 2 is 1.79 bits per heavy atom. The lowest BCUT2D eigenvalue weighted by Crippen LogP contribution is -2.41. The fourth-order valence-corrected chi connectivity index (χ4v) is 3.46. The van der Waals surface area contributed by atoms with Gasteiger partial charge in [-0.1, -0.05) is 23.8 Å². The molecule has 1 atom stereocenters. The van der Waals surface area contributed by atoms with Crippen LogP contribution in [0.25, 0.3) is 0 Å². The minimum atomic E-state index is -1.16. The highest BCUT2D eigenvalue weighted by molar-refractivity contribution is 6.07. The van der Waals surface area contributed by atoms with Crippen LogP contribution in [0, 0.1) is 6.92 Å². The monoisotopic (exact) mass is 396 g/mol. The quantitative estimate of drug-likeness (QED) is 0.787. The van der Waals surface area contributed by atoms with Crippen molar-refractivity contribution < 1.29 is 23.8 Å². The van der Waals surface area contributed by atoms with E-state index < -0.39 is 11.6 Å². The second-order valence-electron chi connectivity index (χ2n) is 7.39. The lowest BCUT2D eigenvalue weighted by atomic mass is 9.91. The summed E-state index contributed by atoms with van der Waals surface area (Å²) in [6.07, 6.45) is 0.797. The number of rotatable bonds is 5. The van der Waals surface area contributed by atoms with Crippen molar-refractivity contribution >= 4 is 11.9 Å². The molecule has 0 aromatic heterocycles. The number of carbonyl (C=O) groups is 2. The lowest BCUT2D eigenvalue weighted by molar-refractivity contribution is -0.131. The number of imide groups is 1. The number of hydrogen-bond donors (Lipinski definition) is 1. The second-order valence-corrected chi connectivity index (χ2v) is 7.39. The van der Waals surface area contributed by atoms with E-state index in [0.717, 1.165) is 12.0 Å². The first-order valence-corrected chi connectivity index (χ1v) is 9.71. The van der Waals surface area contributed by atoms with Crippen LogP contribution in [-0.4, -0.2) is 43.2 Å². The van der Waals surface area contributed by atoms with Crippen LogP contribution in [0.4, 0.5) is 4.79 Å². The van der Waals surface area contributed by atoms with Crippen LogP contribution < -0.4 is 19.5 Å². The van der Waals surface area contributed by atoms with Crippen molar-refractivity contribution in [3.8, 4) is 17.2 Å². The van der Waals surface area contributed by atoms with Crippen LogP contribution in [0.2, 0.25) is 0 Å². The highest BCUT2D eigenvalue weighted by Crippen LogP contribution is 2.36. The smallest absolute Gasteiger partial charge is 0.325 e. The zero-order valence-corrected chi connectivity index (χ0v) is 16.6. The molecule has 7 nitrogen and oxygen atoms in total. The van der Waals surface area contributed by atoms with Gasteiger partial charge in [0.05, 0.1) is 19.8 Å². The standard InChI is InChI=1S/C22H24N2O5/c1-15-4-7-17(8-5-15)27-13-10-24-20(25)22(2,23-21(24)26)16-6-9-18-19(14-16)29-12-3-11-28-18/h4-9,14H,3,10-13H2,1-2H3,(H,23,26)/t22-/m1/s1. The summed E-state index contributed by atoms with van der Waals surface area (Å²) in [6.45, 7) is 5.23. The number of urea groups is 1. The number of aryl methyl sites for hydroxylation is 1. The van der Waals surface area contributed by atoms with Gasteiger partial charge in [-0.05, 0) is 43.7 Å². The van der Waals surface area contributed by atoms with E-state index >= 15 is 0 Å². The van der Waals surface area contributed by atoms with E-state index in [-0.39, 0.29) is 19.1 Å². The molecule has 3 amide bonds. The van der Waals surface area contributed by atoms with Crippen molar-refractivity contribution in [1.82, 2.24) is 10.2 Å². The summed E-state index contributed by atoms with van der Waals surface area (Å²) >= 11 is 0. The van der Waals surface area contributed by atoms with Crippen molar-refractivity contribution in [2.75, 3.05) is 26.4 Å². The summed E-state index contributed by atoms with van der Waals surface area (Å²) in [5.41, 5.74) is 0.630. The van der Waals surface area contributed by atoms with Gasteiger partial charge in [0.1, 0.15) is 17.9 Å². The Hall–Kier alpha value is -3.22. The fraction of sp³-hybridized carbons (Fsp3) is 0.364. The Morgan fingerprint density at radius 3 is 2.55 bits per heavy atom. The Kier molecular flexibility index (Phi) is 5.05. The third-order valence-electron chi connectivity index (χ3n) is 5.20. The van der Waals surface area contributed by atoms with Crippen LogP contribution in [0.15, 0.2) is 42.5 Å². The van der Waals surface area contributed by atoms with Gasteiger partial charge < -0.3 is 19.5 Å². The van der Waals surface area contributed by atoms with Gasteiger partial charge in [0.15, 0.2) is 11.5 Å². The van der Waals surface area contributed by atoms with Gasteiger partial charge in [-0.15, -0.1) is 0 Å².